The van der Waals surface area contributed by atoms with Gasteiger partial charge in [-0.05, 0) is 12.5 Å². The maximum atomic E-state index is 7.50. The van der Waals surface area contributed by atoms with E-state index < -0.39 is 3.79 Å². The van der Waals surface area contributed by atoms with Crippen molar-refractivity contribution in [3.05, 3.63) is 12.2 Å². The fourth-order valence-electron chi connectivity index (χ4n) is 3.17. The lowest BCUT2D eigenvalue weighted by molar-refractivity contribution is -0.0581. The highest BCUT2D eigenvalue weighted by Crippen LogP contribution is 2.27. The summed E-state index contributed by atoms with van der Waals surface area (Å²) < 4.78 is 14.0. The third-order valence-electron chi connectivity index (χ3n) is 4.92. The molecule has 0 aliphatic heterocycles. The van der Waals surface area contributed by atoms with Crippen LogP contribution in [0.4, 0.5) is 0 Å². The summed E-state index contributed by atoms with van der Waals surface area (Å²) in [7, 11) is 1.61. The van der Waals surface area contributed by atoms with Gasteiger partial charge in [-0.15, -0.1) is 0 Å². The minimum Gasteiger partial charge on any atom is -0.474 e. The van der Waals surface area contributed by atoms with E-state index in [9.17, 15) is 0 Å². The van der Waals surface area contributed by atoms with Crippen molar-refractivity contribution >= 4 is 40.7 Å². The molecule has 0 aromatic rings. The number of rotatable bonds is 20. The maximum absolute atomic E-state index is 7.50. The van der Waals surface area contributed by atoms with Crippen LogP contribution in [0.25, 0.3) is 0 Å². The predicted molar refractivity (Wildman–Crippen MR) is 130 cm³/mol. The normalized spacial score (nSPS) is 13.1. The van der Waals surface area contributed by atoms with Gasteiger partial charge in [-0.1, -0.05) is 131 Å². The first-order chi connectivity index (χ1) is 14.4. The lowest BCUT2D eigenvalue weighted by Crippen LogP contribution is -2.21. The number of halogens is 3. The number of hydrogen-bond donors (Lipinski definition) is 1. The molecule has 1 atom stereocenters. The molecule has 0 aliphatic carbocycles. The summed E-state index contributed by atoms with van der Waals surface area (Å²) in [5.74, 6) is -0.386. The van der Waals surface area contributed by atoms with Gasteiger partial charge in [0.05, 0.1) is 6.10 Å². The maximum Gasteiger partial charge on any atom is 0.265 e. The molecule has 0 bridgehead atoms. The van der Waals surface area contributed by atoms with Gasteiger partial charge < -0.3 is 14.2 Å². The number of unbranched alkanes of at least 4 members (excludes halogenated alkanes) is 12. The number of hydrogen-bond acceptors (Lipinski definition) is 4. The predicted octanol–water partition coefficient (Wildman–Crippen LogP) is 8.38. The van der Waals surface area contributed by atoms with Crippen LogP contribution in [-0.4, -0.2) is 36.3 Å². The average molecular weight is 487 g/mol. The van der Waals surface area contributed by atoms with E-state index in [1.807, 2.05) is 6.08 Å². The zero-order valence-corrected chi connectivity index (χ0v) is 21.2. The monoisotopic (exact) mass is 485 g/mol. The molecule has 0 spiro atoms. The fraction of sp³-hybridized carbons (Fsp3) is 0.870. The van der Waals surface area contributed by atoms with Crippen molar-refractivity contribution in [3.63, 3.8) is 0 Å². The van der Waals surface area contributed by atoms with Crippen molar-refractivity contribution in [1.82, 2.24) is 0 Å². The molecular formula is C23H42Cl3NO3. The summed E-state index contributed by atoms with van der Waals surface area (Å²) in [4.78, 5) is 0. The Morgan fingerprint density at radius 1 is 0.867 bits per heavy atom. The number of ether oxygens (including phenoxy) is 3. The van der Waals surface area contributed by atoms with E-state index >= 15 is 0 Å². The Morgan fingerprint density at radius 3 is 1.83 bits per heavy atom. The molecule has 0 amide bonds. The minimum atomic E-state index is -1.82. The fourth-order valence-corrected chi connectivity index (χ4v) is 3.34. The molecule has 4 nitrogen and oxygen atoms in total. The zero-order chi connectivity index (χ0) is 22.5. The highest BCUT2D eigenvalue weighted by atomic mass is 35.6. The van der Waals surface area contributed by atoms with Crippen LogP contribution in [-0.2, 0) is 14.2 Å². The molecule has 7 heteroatoms. The Labute approximate surface area is 199 Å². The van der Waals surface area contributed by atoms with Gasteiger partial charge in [0.25, 0.3) is 3.79 Å². The van der Waals surface area contributed by atoms with E-state index in [1.165, 1.54) is 77.0 Å². The Kier molecular flexibility index (Phi) is 20.9. The summed E-state index contributed by atoms with van der Waals surface area (Å²) >= 11 is 16.7. The average Bonchev–Trinajstić information content (AvgIpc) is 2.71. The van der Waals surface area contributed by atoms with Crippen LogP contribution in [0.3, 0.4) is 0 Å². The number of nitrogens with one attached hydrogen (secondary N) is 1. The van der Waals surface area contributed by atoms with Gasteiger partial charge in [-0.2, -0.15) is 0 Å². The number of methoxy groups -OCH3 is 1. The van der Waals surface area contributed by atoms with E-state index in [1.54, 1.807) is 13.2 Å². The molecule has 0 aliphatic rings. The van der Waals surface area contributed by atoms with Crippen molar-refractivity contribution < 1.29 is 14.2 Å². The largest absolute Gasteiger partial charge is 0.474 e. The lowest BCUT2D eigenvalue weighted by Gasteiger charge is -2.14. The first kappa shape index (κ1) is 30.0. The molecule has 1 N–H and O–H groups in total. The molecule has 0 radical (unpaired) electrons. The molecule has 178 valence electrons. The van der Waals surface area contributed by atoms with Crippen LogP contribution in [0.1, 0.15) is 96.8 Å². The second-order valence-corrected chi connectivity index (χ2v) is 9.99. The molecule has 0 heterocycles. The minimum absolute atomic E-state index is 0.0387. The van der Waals surface area contributed by atoms with Gasteiger partial charge in [-0.3, -0.25) is 5.41 Å². The molecule has 30 heavy (non-hydrogen) atoms. The van der Waals surface area contributed by atoms with E-state index in [2.05, 4.69) is 6.92 Å². The smallest absolute Gasteiger partial charge is 0.265 e. The van der Waals surface area contributed by atoms with E-state index in [4.69, 9.17) is 54.4 Å². The standard InChI is InChI=1S/C23H42Cl3NO3/c1-3-4-5-6-7-8-9-10-11-12-13-14-15-17-21(30-20-28-2)18-16-19-29-22(27)23(24,25)26/h16,18,21,27H,3-15,17,19-20H2,1-2H3/b18-16+,27-22?/t21-/m1/s1. The molecule has 0 saturated heterocycles. The molecule has 0 saturated carbocycles. The molecule has 0 rings (SSSR count). The zero-order valence-electron chi connectivity index (χ0n) is 18.9. The lowest BCUT2D eigenvalue weighted by atomic mass is 10.0. The van der Waals surface area contributed by atoms with Gasteiger partial charge in [0.15, 0.2) is 0 Å². The number of alkyl halides is 3. The van der Waals surface area contributed by atoms with E-state index in [0.29, 0.717) is 0 Å². The van der Waals surface area contributed by atoms with Gasteiger partial charge >= 0.3 is 0 Å². The van der Waals surface area contributed by atoms with Crippen LogP contribution in [0.15, 0.2) is 12.2 Å². The molecule has 0 fully saturated rings. The molecule has 0 aromatic heterocycles. The van der Waals surface area contributed by atoms with Crippen molar-refractivity contribution in [2.24, 2.45) is 0 Å². The van der Waals surface area contributed by atoms with Crippen molar-refractivity contribution in [3.8, 4) is 0 Å². The molecule has 0 aromatic carbocycles. The molecule has 0 unspecified atom stereocenters. The Hall–Kier alpha value is -0.0000000000000000416. The summed E-state index contributed by atoms with van der Waals surface area (Å²) in [6, 6.07) is 0. The van der Waals surface area contributed by atoms with Crippen LogP contribution in [0.2, 0.25) is 0 Å². The van der Waals surface area contributed by atoms with Crippen LogP contribution >= 0.6 is 34.8 Å². The van der Waals surface area contributed by atoms with Gasteiger partial charge in [0.1, 0.15) is 13.4 Å². The van der Waals surface area contributed by atoms with Crippen LogP contribution in [0.5, 0.6) is 0 Å². The second kappa shape index (κ2) is 20.9. The molecular weight excluding hydrogens is 445 g/mol. The SMILES string of the molecule is CCCCCCCCCCCCCCC[C@H](/C=C/COC(=N)C(Cl)(Cl)Cl)OCOC. The summed E-state index contributed by atoms with van der Waals surface area (Å²) in [6.07, 6.45) is 22.0. The quantitative estimate of drug-likeness (QED) is 0.0469. The Morgan fingerprint density at radius 2 is 1.37 bits per heavy atom. The van der Waals surface area contributed by atoms with Crippen molar-refractivity contribution in [1.29, 1.82) is 5.41 Å². The summed E-state index contributed by atoms with van der Waals surface area (Å²) in [5, 5.41) is 7.50. The summed E-state index contributed by atoms with van der Waals surface area (Å²) in [5.41, 5.74) is 0. The van der Waals surface area contributed by atoms with Crippen LogP contribution < -0.4 is 0 Å². The van der Waals surface area contributed by atoms with E-state index in [-0.39, 0.29) is 25.4 Å². The van der Waals surface area contributed by atoms with E-state index in [0.717, 1.165) is 12.8 Å². The van der Waals surface area contributed by atoms with Gasteiger partial charge in [-0.25, -0.2) is 0 Å². The Bertz CT molecular complexity index is 428. The summed E-state index contributed by atoms with van der Waals surface area (Å²) in [6.45, 7) is 2.68. The highest BCUT2D eigenvalue weighted by Gasteiger charge is 2.28. The van der Waals surface area contributed by atoms with Gasteiger partial charge in [0, 0.05) is 7.11 Å². The van der Waals surface area contributed by atoms with Crippen LogP contribution in [0, 0.1) is 5.41 Å². The highest BCUT2D eigenvalue weighted by molar-refractivity contribution is 6.76. The third-order valence-corrected chi connectivity index (χ3v) is 5.44. The Balaban J connectivity index is 3.75. The first-order valence-electron chi connectivity index (χ1n) is 11.5. The topological polar surface area (TPSA) is 51.5 Å². The van der Waals surface area contributed by atoms with Crippen molar-refractivity contribution in [2.75, 3.05) is 20.5 Å². The third kappa shape index (κ3) is 19.9. The first-order valence-corrected chi connectivity index (χ1v) is 12.6. The van der Waals surface area contributed by atoms with Crippen molar-refractivity contribution in [2.45, 2.75) is 107 Å². The second-order valence-electron chi connectivity index (χ2n) is 7.71. The van der Waals surface area contributed by atoms with Gasteiger partial charge in [0.2, 0.25) is 5.90 Å².